The molecule has 0 atom stereocenters. The smallest absolute Gasteiger partial charge is 0.131 e. The van der Waals surface area contributed by atoms with E-state index >= 15 is 0 Å². The molecule has 2 aromatic rings. The minimum absolute atomic E-state index is 0.140. The van der Waals surface area contributed by atoms with E-state index in [1.807, 2.05) is 11.1 Å². The van der Waals surface area contributed by atoms with Crippen LogP contribution in [0.15, 0.2) is 24.4 Å². The summed E-state index contributed by atoms with van der Waals surface area (Å²) in [7, 11) is 0. The summed E-state index contributed by atoms with van der Waals surface area (Å²) in [4.78, 5) is 11.2. The van der Waals surface area contributed by atoms with E-state index in [9.17, 15) is 8.78 Å². The van der Waals surface area contributed by atoms with E-state index in [0.717, 1.165) is 30.0 Å². The third kappa shape index (κ3) is 2.61. The van der Waals surface area contributed by atoms with Crippen LogP contribution in [0, 0.1) is 11.6 Å². The molecule has 1 aromatic heterocycles. The van der Waals surface area contributed by atoms with Crippen LogP contribution in [0.1, 0.15) is 41.4 Å². The van der Waals surface area contributed by atoms with Crippen molar-refractivity contribution in [1.29, 1.82) is 0 Å². The number of benzene rings is 1. The lowest BCUT2D eigenvalue weighted by Crippen LogP contribution is -2.31. The molecule has 1 saturated carbocycles. The highest BCUT2D eigenvalue weighted by molar-refractivity contribution is 5.24. The number of hydrogen-bond acceptors (Lipinski definition) is 3. The molecule has 1 aliphatic heterocycles. The highest BCUT2D eigenvalue weighted by Gasteiger charge is 2.28. The molecule has 114 valence electrons. The first-order chi connectivity index (χ1) is 10.7. The summed E-state index contributed by atoms with van der Waals surface area (Å²) in [5, 5.41) is 0. The van der Waals surface area contributed by atoms with Gasteiger partial charge in [0.05, 0.1) is 0 Å². The zero-order valence-corrected chi connectivity index (χ0v) is 12.2. The average molecular weight is 301 g/mol. The molecular weight excluding hydrogens is 284 g/mol. The lowest BCUT2D eigenvalue weighted by molar-refractivity contribution is 0.235. The number of halogens is 2. The molecule has 0 unspecified atom stereocenters. The van der Waals surface area contributed by atoms with Gasteiger partial charge in [0.15, 0.2) is 0 Å². The van der Waals surface area contributed by atoms with Gasteiger partial charge in [-0.15, -0.1) is 0 Å². The maximum absolute atomic E-state index is 13.8. The maximum atomic E-state index is 13.8. The monoisotopic (exact) mass is 301 g/mol. The van der Waals surface area contributed by atoms with Gasteiger partial charge >= 0.3 is 0 Å². The molecule has 1 aromatic carbocycles. The van der Waals surface area contributed by atoms with Crippen molar-refractivity contribution < 1.29 is 8.78 Å². The maximum Gasteiger partial charge on any atom is 0.131 e. The highest BCUT2D eigenvalue weighted by atomic mass is 19.1. The SMILES string of the molecule is Fc1cccc(F)c1CN1CCc2nc(C3CC3)ncc2C1. The Labute approximate surface area is 128 Å². The number of fused-ring (bicyclic) bond motifs is 1. The van der Waals surface area contributed by atoms with Crippen molar-refractivity contribution in [3.05, 3.63) is 58.7 Å². The van der Waals surface area contributed by atoms with Crippen LogP contribution >= 0.6 is 0 Å². The van der Waals surface area contributed by atoms with Gasteiger partial charge in [-0.2, -0.15) is 0 Å². The van der Waals surface area contributed by atoms with Crippen molar-refractivity contribution in [1.82, 2.24) is 14.9 Å². The van der Waals surface area contributed by atoms with Crippen molar-refractivity contribution in [3.63, 3.8) is 0 Å². The second-order valence-electron chi connectivity index (χ2n) is 6.14. The van der Waals surface area contributed by atoms with Crippen molar-refractivity contribution in [2.45, 2.75) is 38.3 Å². The van der Waals surface area contributed by atoms with E-state index < -0.39 is 11.6 Å². The largest absolute Gasteiger partial charge is 0.294 e. The Morgan fingerprint density at radius 2 is 1.95 bits per heavy atom. The van der Waals surface area contributed by atoms with Gasteiger partial charge in [0, 0.05) is 55.0 Å². The first-order valence-electron chi connectivity index (χ1n) is 7.70. The average Bonchev–Trinajstić information content (AvgIpc) is 3.35. The second kappa shape index (κ2) is 5.39. The predicted molar refractivity (Wildman–Crippen MR) is 78.2 cm³/mol. The first-order valence-corrected chi connectivity index (χ1v) is 7.70. The Morgan fingerprint density at radius 3 is 2.68 bits per heavy atom. The molecule has 0 bridgehead atoms. The van der Waals surface area contributed by atoms with Gasteiger partial charge in [0.25, 0.3) is 0 Å². The fourth-order valence-corrected chi connectivity index (χ4v) is 2.97. The highest BCUT2D eigenvalue weighted by Crippen LogP contribution is 2.38. The Balaban J connectivity index is 1.52. The molecule has 0 saturated heterocycles. The molecule has 1 aliphatic carbocycles. The molecule has 3 nitrogen and oxygen atoms in total. The third-order valence-electron chi connectivity index (χ3n) is 4.42. The zero-order valence-electron chi connectivity index (χ0n) is 12.2. The number of rotatable bonds is 3. The van der Waals surface area contributed by atoms with Crippen LogP contribution in [0.4, 0.5) is 8.78 Å². The van der Waals surface area contributed by atoms with Crippen LogP contribution in [-0.2, 0) is 19.5 Å². The Kier molecular flexibility index (Phi) is 3.37. The predicted octanol–water partition coefficient (Wildman–Crippen LogP) is 3.19. The van der Waals surface area contributed by atoms with Crippen LogP contribution in [-0.4, -0.2) is 21.4 Å². The molecule has 5 heteroatoms. The Morgan fingerprint density at radius 1 is 1.18 bits per heavy atom. The molecular formula is C17H17F2N3. The number of nitrogens with zero attached hydrogens (tertiary/aromatic N) is 3. The molecule has 2 aliphatic rings. The second-order valence-corrected chi connectivity index (χ2v) is 6.14. The van der Waals surface area contributed by atoms with Crippen molar-refractivity contribution >= 4 is 0 Å². The number of hydrogen-bond donors (Lipinski definition) is 0. The Bertz CT molecular complexity index is 693. The molecule has 22 heavy (non-hydrogen) atoms. The topological polar surface area (TPSA) is 29.0 Å². The summed E-state index contributed by atoms with van der Waals surface area (Å²) in [6.45, 7) is 1.69. The van der Waals surface area contributed by atoms with Gasteiger partial charge in [0.2, 0.25) is 0 Å². The summed E-state index contributed by atoms with van der Waals surface area (Å²) < 4.78 is 27.5. The molecule has 2 heterocycles. The van der Waals surface area contributed by atoms with Gasteiger partial charge in [-0.3, -0.25) is 4.90 Å². The van der Waals surface area contributed by atoms with E-state index in [2.05, 4.69) is 9.97 Å². The first kappa shape index (κ1) is 13.8. The summed E-state index contributed by atoms with van der Waals surface area (Å²) in [5.41, 5.74) is 2.32. The van der Waals surface area contributed by atoms with E-state index in [1.54, 1.807) is 0 Å². The lowest BCUT2D eigenvalue weighted by atomic mass is 10.1. The molecule has 4 rings (SSSR count). The molecule has 0 radical (unpaired) electrons. The van der Waals surface area contributed by atoms with E-state index in [1.165, 1.54) is 31.0 Å². The van der Waals surface area contributed by atoms with Crippen molar-refractivity contribution in [3.8, 4) is 0 Å². The fraction of sp³-hybridized carbons (Fsp3) is 0.412. The van der Waals surface area contributed by atoms with E-state index in [4.69, 9.17) is 0 Å². The van der Waals surface area contributed by atoms with Crippen LogP contribution < -0.4 is 0 Å². The zero-order chi connectivity index (χ0) is 15.1. The standard InChI is InChI=1S/C17H17F2N3/c18-14-2-1-3-15(19)13(14)10-22-7-6-16-12(9-22)8-20-17(21-16)11-4-5-11/h1-3,8,11H,4-7,9-10H2. The molecule has 0 amide bonds. The fourth-order valence-electron chi connectivity index (χ4n) is 2.97. The quantitative estimate of drug-likeness (QED) is 0.872. The van der Waals surface area contributed by atoms with Crippen LogP contribution in [0.3, 0.4) is 0 Å². The van der Waals surface area contributed by atoms with E-state index in [0.29, 0.717) is 12.5 Å². The van der Waals surface area contributed by atoms with E-state index in [-0.39, 0.29) is 12.1 Å². The molecule has 0 N–H and O–H groups in total. The van der Waals surface area contributed by atoms with Crippen molar-refractivity contribution in [2.75, 3.05) is 6.54 Å². The number of aromatic nitrogens is 2. The van der Waals surface area contributed by atoms with Gasteiger partial charge in [-0.1, -0.05) is 6.07 Å². The minimum Gasteiger partial charge on any atom is -0.294 e. The minimum atomic E-state index is -0.480. The van der Waals surface area contributed by atoms with Crippen molar-refractivity contribution in [2.24, 2.45) is 0 Å². The normalized spacial score (nSPS) is 18.3. The third-order valence-corrected chi connectivity index (χ3v) is 4.42. The van der Waals surface area contributed by atoms with Gasteiger partial charge in [0.1, 0.15) is 17.5 Å². The Hall–Kier alpha value is -1.88. The molecule has 1 fully saturated rings. The van der Waals surface area contributed by atoms with Crippen LogP contribution in [0.2, 0.25) is 0 Å². The van der Waals surface area contributed by atoms with Gasteiger partial charge in [-0.05, 0) is 25.0 Å². The van der Waals surface area contributed by atoms with Gasteiger partial charge in [-0.25, -0.2) is 18.7 Å². The summed E-state index contributed by atoms with van der Waals surface area (Å²) >= 11 is 0. The van der Waals surface area contributed by atoms with Gasteiger partial charge < -0.3 is 0 Å². The van der Waals surface area contributed by atoms with Crippen LogP contribution in [0.5, 0.6) is 0 Å². The lowest BCUT2D eigenvalue weighted by Gasteiger charge is -2.28. The summed E-state index contributed by atoms with van der Waals surface area (Å²) in [6.07, 6.45) is 5.09. The van der Waals surface area contributed by atoms with Crippen LogP contribution in [0.25, 0.3) is 0 Å². The molecule has 0 spiro atoms. The summed E-state index contributed by atoms with van der Waals surface area (Å²) in [5.74, 6) is 0.556. The summed E-state index contributed by atoms with van der Waals surface area (Å²) in [6, 6.07) is 4.01.